The lowest BCUT2D eigenvalue weighted by Crippen LogP contribution is -2.42. The van der Waals surface area contributed by atoms with Crippen molar-refractivity contribution in [1.29, 1.82) is 0 Å². The molecule has 0 aliphatic heterocycles. The van der Waals surface area contributed by atoms with E-state index in [9.17, 15) is 0 Å². The Morgan fingerprint density at radius 3 is 0.875 bits per heavy atom. The topological polar surface area (TPSA) is 98.3 Å². The molecular weight excluding hydrogens is 1270 g/mol. The predicted octanol–water partition coefficient (Wildman–Crippen LogP) is 22.3. The summed E-state index contributed by atoms with van der Waals surface area (Å²) >= 11 is 0. The number of hydrogen-bond acceptors (Lipinski definition) is 0. The largest absolute Gasteiger partial charge is 0.312 e. The molecular formula is C94H133N10+5. The smallest absolute Gasteiger partial charge is 0.244 e. The number of aromatic amines is 5. The van der Waals surface area contributed by atoms with Gasteiger partial charge in [-0.25, -0.2) is 24.9 Å². The molecule has 5 aromatic heterocycles. The second kappa shape index (κ2) is 32.4. The molecule has 10 nitrogen and oxygen atoms in total. The van der Waals surface area contributed by atoms with Crippen molar-refractivity contribution in [2.45, 2.75) is 284 Å². The number of H-pyrrole nitrogens is 5. The van der Waals surface area contributed by atoms with Crippen molar-refractivity contribution < 1.29 is 29.9 Å². The lowest BCUT2D eigenvalue weighted by atomic mass is 9.86. The van der Waals surface area contributed by atoms with Gasteiger partial charge < -0.3 is 0 Å². The van der Waals surface area contributed by atoms with E-state index >= 15 is 0 Å². The number of nitrogens with one attached hydrogen (secondary N) is 5. The Labute approximate surface area is 634 Å². The summed E-state index contributed by atoms with van der Waals surface area (Å²) in [5.41, 5.74) is 24.7. The minimum absolute atomic E-state index is 0. The molecule has 2 aliphatic carbocycles. The quantitative estimate of drug-likeness (QED) is 0.0937. The molecule has 2 saturated carbocycles. The highest BCUT2D eigenvalue weighted by Crippen LogP contribution is 2.38. The maximum absolute atomic E-state index is 8.92. The first-order chi connectivity index (χ1) is 50.5. The first-order valence-corrected chi connectivity index (χ1v) is 38.7. The molecule has 10 heteroatoms. The van der Waals surface area contributed by atoms with Gasteiger partial charge in [0.05, 0.1) is 27.1 Å². The number of benzene rings is 6. The van der Waals surface area contributed by atoms with E-state index in [0.717, 1.165) is 57.3 Å². The summed E-state index contributed by atoms with van der Waals surface area (Å²) in [6, 6.07) is 52.5. The molecule has 0 radical (unpaired) electrons. The molecule has 13 rings (SSSR count). The first-order valence-electron chi connectivity index (χ1n) is 40.4. The van der Waals surface area contributed by atoms with Crippen LogP contribution in [-0.4, -0.2) is 24.9 Å². The molecule has 6 aromatic carbocycles. The minimum atomic E-state index is -0.151. The minimum Gasteiger partial charge on any atom is -0.244 e. The highest BCUT2D eigenvalue weighted by atomic mass is 15.1. The Morgan fingerprint density at radius 1 is 0.288 bits per heavy atom. The summed E-state index contributed by atoms with van der Waals surface area (Å²) in [5, 5.41) is 0. The Kier molecular flexibility index (Phi) is 22.9. The fourth-order valence-electron chi connectivity index (χ4n) is 15.1. The molecule has 2 fully saturated rings. The highest BCUT2D eigenvalue weighted by Gasteiger charge is 2.40. The van der Waals surface area contributed by atoms with Gasteiger partial charge in [-0.05, 0) is 222 Å². The Balaban J connectivity index is 0.000000172. The zero-order valence-corrected chi connectivity index (χ0v) is 69.0. The Hall–Kier alpha value is -8.63. The van der Waals surface area contributed by atoms with Gasteiger partial charge in [0.25, 0.3) is 29.1 Å². The zero-order valence-electron chi connectivity index (χ0n) is 73.0. The van der Waals surface area contributed by atoms with Crippen LogP contribution in [-0.2, 0) is 27.1 Å². The van der Waals surface area contributed by atoms with Gasteiger partial charge in [0.2, 0.25) is 0 Å². The summed E-state index contributed by atoms with van der Waals surface area (Å²) in [6.07, 6.45) is 11.4. The summed E-state index contributed by atoms with van der Waals surface area (Å²) in [5.74, 6) is 6.47. The average Bonchev–Trinajstić information content (AvgIpc) is 1.61. The highest BCUT2D eigenvalue weighted by molar-refractivity contribution is 5.61. The molecule has 5 N–H and O–H groups in total. The number of aryl methyl sites for hydroxylation is 6. The van der Waals surface area contributed by atoms with Crippen molar-refractivity contribution in [2.75, 3.05) is 0 Å². The summed E-state index contributed by atoms with van der Waals surface area (Å²) < 4.78 is 46.4. The molecule has 0 bridgehead atoms. The average molecular weight is 1410 g/mol. The van der Waals surface area contributed by atoms with Crippen LogP contribution in [0.4, 0.5) is 0 Å². The number of para-hydroxylation sites is 5. The first kappa shape index (κ1) is 73.7. The van der Waals surface area contributed by atoms with Crippen molar-refractivity contribution >= 4 is 0 Å². The lowest BCUT2D eigenvalue weighted by Gasteiger charge is -2.18. The van der Waals surface area contributed by atoms with E-state index in [2.05, 4.69) is 341 Å². The molecule has 0 unspecified atom stereocenters. The summed E-state index contributed by atoms with van der Waals surface area (Å²) in [7, 11) is 0. The van der Waals surface area contributed by atoms with Crippen LogP contribution in [0.25, 0.3) is 39.7 Å². The van der Waals surface area contributed by atoms with Crippen LogP contribution in [0.2, 0.25) is 5.65 Å². The van der Waals surface area contributed by atoms with E-state index in [0.29, 0.717) is 11.8 Å². The molecule has 0 saturated heterocycles. The number of rotatable bonds is 8. The normalized spacial score (nSPS) is 14.4. The van der Waals surface area contributed by atoms with Crippen molar-refractivity contribution in [1.82, 2.24) is 24.9 Å². The summed E-state index contributed by atoms with van der Waals surface area (Å²) in [4.78, 5) is 10.2. The maximum Gasteiger partial charge on any atom is 0.312 e. The van der Waals surface area contributed by atoms with E-state index in [1.807, 2.05) is 25.1 Å². The van der Waals surface area contributed by atoms with Crippen LogP contribution < -0.4 is 22.8 Å². The molecule has 5 heterocycles. The third kappa shape index (κ3) is 17.8. The van der Waals surface area contributed by atoms with Crippen LogP contribution in [0.1, 0.15) is 283 Å². The van der Waals surface area contributed by atoms with Gasteiger partial charge >= 0.3 is 5.65 Å². The third-order valence-electron chi connectivity index (χ3n) is 21.1. The van der Waals surface area contributed by atoms with Gasteiger partial charge in [0, 0.05) is 67.3 Å². The van der Waals surface area contributed by atoms with Gasteiger partial charge in [-0.2, -0.15) is 22.8 Å². The van der Waals surface area contributed by atoms with Crippen molar-refractivity contribution in [3.8, 4) is 39.7 Å². The van der Waals surface area contributed by atoms with Gasteiger partial charge in [0.15, 0.2) is 11.4 Å². The summed E-state index contributed by atoms with van der Waals surface area (Å²) in [6.45, 7) is 58.6. The second-order valence-corrected chi connectivity index (χ2v) is 35.0. The predicted molar refractivity (Wildman–Crippen MR) is 437 cm³/mol. The number of nitrogens with zero attached hydrogens (tertiary/aromatic N) is 5. The van der Waals surface area contributed by atoms with Gasteiger partial charge in [-0.3, -0.25) is 0 Å². The molecule has 2 aliphatic rings. The number of imidazole rings is 5. The van der Waals surface area contributed by atoms with Crippen LogP contribution in [0.5, 0.6) is 0 Å². The Bertz CT molecular complexity index is 4950. The zero-order chi connectivity index (χ0) is 79.6. The maximum atomic E-state index is 8.92. The van der Waals surface area contributed by atoms with E-state index in [4.69, 9.17) is 5.65 Å². The number of hydrogen-bond donors (Lipinski definition) is 5. The van der Waals surface area contributed by atoms with Gasteiger partial charge in [0.1, 0.15) is 74.0 Å². The molecule has 0 spiro atoms. The third-order valence-corrected chi connectivity index (χ3v) is 21.1. The van der Waals surface area contributed by atoms with E-state index < -0.39 is 0 Å². The number of aromatic nitrogens is 10. The molecule has 0 amide bonds. The van der Waals surface area contributed by atoms with Crippen molar-refractivity contribution in [3.63, 3.8) is 0 Å². The SMILES string of the molecule is Cc1ccccc1-[n+]1c(C(C)(C)C)[nH]c(C)c1C.[2HH].[2H]n1c(-c2ccccc2)c(C)[n+](-c2ccccc2C)c1C(C)(C)C.[2H]n1c(C)c(C)[n+](-c2ccccc2C)c1C(C)(C)C.[2H]n1c(C2CCCC2)c(C)[n+](-c2ccccc2C)c1C(C)(C)C.[2H]n1c(C2CCCCC2)c(C)[n+](-c2ccccc2C)c1C(C)(C)C. The molecule has 554 valence electrons. The standard InChI is InChI=1S/C21H30N2.C21H24N2.C20H28N2.2C16H22N2.H2/c2*1-15-11-9-10-14-18(15)23-16(2)19(17-12-7-6-8-13-17)22-20(23)21(3,4)5;1-14-10-6-9-13-17(14)22-15(2)18(16-11-7-8-12-16)21-19(22)20(3,4)5;2*1-11-9-7-8-10-14(11)18-13(3)12(2)17-15(18)16(4,5)6;/h9-11,14,17H,6-8,12-13H2,1-5H3;6-14H,1-5H3;6,9-10,13,16H,7-8,11-12H2,1-5H3;2*7-10H,1-6H3;1H/p+5/i;;;;;1+1/hD4. The monoisotopic (exact) mass is 1410 g/mol. The molecule has 0 atom stereocenters. The van der Waals surface area contributed by atoms with Crippen molar-refractivity contribution in [2.24, 2.45) is 0 Å². The van der Waals surface area contributed by atoms with Gasteiger partial charge in [-0.15, -0.1) is 0 Å². The van der Waals surface area contributed by atoms with Crippen LogP contribution in [0.3, 0.4) is 0 Å². The fourth-order valence-corrected chi connectivity index (χ4v) is 15.1. The van der Waals surface area contributed by atoms with Crippen LogP contribution in [0, 0.1) is 83.1 Å². The molecule has 11 aromatic rings. The second-order valence-electron chi connectivity index (χ2n) is 35.0. The fraction of sp³-hybridized carbons (Fsp3) is 0.457. The Morgan fingerprint density at radius 2 is 0.548 bits per heavy atom. The molecule has 104 heavy (non-hydrogen) atoms. The van der Waals surface area contributed by atoms with E-state index in [1.54, 1.807) is 19.9 Å². The van der Waals surface area contributed by atoms with E-state index in [-0.39, 0.29) is 28.5 Å². The van der Waals surface area contributed by atoms with Crippen LogP contribution in [0.15, 0.2) is 152 Å². The van der Waals surface area contributed by atoms with Crippen molar-refractivity contribution in [3.05, 3.63) is 260 Å². The van der Waals surface area contributed by atoms with E-state index in [1.165, 1.54) is 148 Å². The lowest BCUT2D eigenvalue weighted by molar-refractivity contribution is -0.614. The van der Waals surface area contributed by atoms with Gasteiger partial charge in [-0.1, -0.05) is 153 Å². The van der Waals surface area contributed by atoms with Crippen LogP contribution >= 0.6 is 0 Å².